The van der Waals surface area contributed by atoms with Crippen molar-refractivity contribution in [3.05, 3.63) is 22.5 Å². The second-order valence-electron chi connectivity index (χ2n) is 2.21. The van der Waals surface area contributed by atoms with Crippen LogP contribution < -0.4 is 5.73 Å². The van der Waals surface area contributed by atoms with E-state index in [1.165, 1.54) is 0 Å². The Bertz CT molecular complexity index is 373. The molecule has 0 aliphatic heterocycles. The first-order valence-electron chi connectivity index (χ1n) is 3.20. The van der Waals surface area contributed by atoms with E-state index in [0.717, 1.165) is 6.07 Å². The quantitative estimate of drug-likeness (QED) is 0.761. The molecular formula is C7H4ClF2N3. The number of nitrogens with two attached hydrogens (primary N) is 1. The molecule has 13 heavy (non-hydrogen) atoms. The number of hydrogen-bond donors (Lipinski definition) is 1. The Kier molecular flexibility index (Phi) is 2.63. The first kappa shape index (κ1) is 9.68. The summed E-state index contributed by atoms with van der Waals surface area (Å²) in [4.78, 5) is 3.33. The Morgan fingerprint density at radius 1 is 1.62 bits per heavy atom. The minimum Gasteiger partial charge on any atom is -0.397 e. The lowest BCUT2D eigenvalue weighted by Crippen LogP contribution is -1.99. The maximum absolute atomic E-state index is 12.2. The fraction of sp³-hybridized carbons (Fsp3) is 0.143. The number of nitrogen functional groups attached to an aromatic ring is 1. The SMILES string of the molecule is N#Cc1cc(N)c(Cl)c(C(F)F)n1. The van der Waals surface area contributed by atoms with Crippen LogP contribution >= 0.6 is 11.6 Å². The standard InChI is InChI=1S/C7H4ClF2N3/c8-5-4(12)1-3(2-11)13-6(5)7(9)10/h1,7H,(H2,12,13). The molecule has 0 fully saturated rings. The van der Waals surface area contributed by atoms with Gasteiger partial charge in [-0.2, -0.15) is 5.26 Å². The van der Waals surface area contributed by atoms with E-state index in [9.17, 15) is 8.78 Å². The third-order valence-corrected chi connectivity index (χ3v) is 1.74. The molecule has 6 heteroatoms. The Labute approximate surface area is 77.7 Å². The largest absolute Gasteiger partial charge is 0.397 e. The highest BCUT2D eigenvalue weighted by atomic mass is 35.5. The van der Waals surface area contributed by atoms with Crippen LogP contribution in [0.1, 0.15) is 17.8 Å². The molecule has 0 unspecified atom stereocenters. The summed E-state index contributed by atoms with van der Waals surface area (Å²) in [7, 11) is 0. The van der Waals surface area contributed by atoms with Crippen molar-refractivity contribution in [2.75, 3.05) is 5.73 Å². The van der Waals surface area contributed by atoms with E-state index < -0.39 is 12.1 Å². The van der Waals surface area contributed by atoms with Crippen molar-refractivity contribution in [2.45, 2.75) is 6.43 Å². The minimum absolute atomic E-state index is 0.0662. The summed E-state index contributed by atoms with van der Waals surface area (Å²) in [6.45, 7) is 0. The number of anilines is 1. The van der Waals surface area contributed by atoms with Crippen LogP contribution in [0.2, 0.25) is 5.02 Å². The molecule has 0 amide bonds. The molecule has 3 nitrogen and oxygen atoms in total. The summed E-state index contributed by atoms with van der Waals surface area (Å²) < 4.78 is 24.4. The summed E-state index contributed by atoms with van der Waals surface area (Å²) in [5.74, 6) is 0. The molecule has 0 aliphatic rings. The van der Waals surface area contributed by atoms with Crippen LogP contribution in [-0.2, 0) is 0 Å². The van der Waals surface area contributed by atoms with Gasteiger partial charge < -0.3 is 5.73 Å². The second-order valence-corrected chi connectivity index (χ2v) is 2.59. The van der Waals surface area contributed by atoms with Crippen molar-refractivity contribution in [3.8, 4) is 6.07 Å². The number of nitriles is 1. The molecule has 0 saturated carbocycles. The van der Waals surface area contributed by atoms with E-state index >= 15 is 0 Å². The van der Waals surface area contributed by atoms with Crippen LogP contribution in [0.4, 0.5) is 14.5 Å². The predicted octanol–water partition coefficient (Wildman–Crippen LogP) is 2.13. The maximum atomic E-state index is 12.2. The molecule has 0 spiro atoms. The van der Waals surface area contributed by atoms with Crippen LogP contribution in [0.25, 0.3) is 0 Å². The van der Waals surface area contributed by atoms with Gasteiger partial charge in [0.25, 0.3) is 6.43 Å². The van der Waals surface area contributed by atoms with Gasteiger partial charge in [0.05, 0.1) is 10.7 Å². The van der Waals surface area contributed by atoms with Crippen molar-refractivity contribution in [1.82, 2.24) is 4.98 Å². The number of rotatable bonds is 1. The Balaban J connectivity index is 3.35. The van der Waals surface area contributed by atoms with Gasteiger partial charge in [-0.25, -0.2) is 13.8 Å². The fourth-order valence-corrected chi connectivity index (χ4v) is 0.951. The van der Waals surface area contributed by atoms with Crippen molar-refractivity contribution >= 4 is 17.3 Å². The first-order valence-corrected chi connectivity index (χ1v) is 3.58. The van der Waals surface area contributed by atoms with Crippen LogP contribution in [0.3, 0.4) is 0 Å². The lowest BCUT2D eigenvalue weighted by atomic mass is 10.2. The first-order chi connectivity index (χ1) is 6.06. The van der Waals surface area contributed by atoms with Gasteiger partial charge in [-0.15, -0.1) is 0 Å². The van der Waals surface area contributed by atoms with Crippen molar-refractivity contribution in [3.63, 3.8) is 0 Å². The average Bonchev–Trinajstić information content (AvgIpc) is 2.09. The number of pyridine rings is 1. The zero-order valence-corrected chi connectivity index (χ0v) is 7.02. The number of hydrogen-bond acceptors (Lipinski definition) is 3. The molecule has 0 aromatic carbocycles. The average molecular weight is 204 g/mol. The van der Waals surface area contributed by atoms with Crippen molar-refractivity contribution in [2.24, 2.45) is 0 Å². The molecule has 0 aliphatic carbocycles. The Morgan fingerprint density at radius 2 is 2.23 bits per heavy atom. The van der Waals surface area contributed by atoms with E-state index in [0.29, 0.717) is 0 Å². The Hall–Kier alpha value is -1.41. The fourth-order valence-electron chi connectivity index (χ4n) is 0.772. The van der Waals surface area contributed by atoms with Gasteiger partial charge in [0.1, 0.15) is 17.5 Å². The zero-order chi connectivity index (χ0) is 10.0. The summed E-state index contributed by atoms with van der Waals surface area (Å²) in [5, 5.41) is 8.11. The molecule has 1 aromatic heterocycles. The highest BCUT2D eigenvalue weighted by Gasteiger charge is 2.17. The third kappa shape index (κ3) is 1.84. The van der Waals surface area contributed by atoms with E-state index in [2.05, 4.69) is 4.98 Å². The number of aromatic nitrogens is 1. The van der Waals surface area contributed by atoms with E-state index in [1.807, 2.05) is 0 Å². The Morgan fingerprint density at radius 3 is 2.69 bits per heavy atom. The monoisotopic (exact) mass is 203 g/mol. The number of alkyl halides is 2. The maximum Gasteiger partial charge on any atom is 0.281 e. The highest BCUT2D eigenvalue weighted by molar-refractivity contribution is 6.33. The van der Waals surface area contributed by atoms with Gasteiger partial charge in [-0.05, 0) is 6.07 Å². The topological polar surface area (TPSA) is 62.7 Å². The molecule has 2 N–H and O–H groups in total. The summed E-state index contributed by atoms with van der Waals surface area (Å²) >= 11 is 5.44. The molecule has 0 saturated heterocycles. The normalized spacial score (nSPS) is 10.1. The van der Waals surface area contributed by atoms with Crippen LogP contribution in [0.5, 0.6) is 0 Å². The van der Waals surface area contributed by atoms with Gasteiger partial charge in [-0.1, -0.05) is 11.6 Å². The van der Waals surface area contributed by atoms with Crippen LogP contribution in [0, 0.1) is 11.3 Å². The molecule has 1 rings (SSSR count). The molecular weight excluding hydrogens is 200 g/mol. The van der Waals surface area contributed by atoms with Crippen molar-refractivity contribution < 1.29 is 8.78 Å². The molecule has 0 radical (unpaired) electrons. The van der Waals surface area contributed by atoms with Crippen LogP contribution in [-0.4, -0.2) is 4.98 Å². The highest BCUT2D eigenvalue weighted by Crippen LogP contribution is 2.29. The summed E-state index contributed by atoms with van der Waals surface area (Å²) in [6.07, 6.45) is -2.83. The predicted molar refractivity (Wildman–Crippen MR) is 43.3 cm³/mol. The van der Waals surface area contributed by atoms with Crippen LogP contribution in [0.15, 0.2) is 6.07 Å². The van der Waals surface area contributed by atoms with Crippen molar-refractivity contribution in [1.29, 1.82) is 5.26 Å². The lowest BCUT2D eigenvalue weighted by molar-refractivity contribution is 0.146. The third-order valence-electron chi connectivity index (χ3n) is 1.33. The van der Waals surface area contributed by atoms with Gasteiger partial charge in [-0.3, -0.25) is 0 Å². The molecule has 68 valence electrons. The molecule has 1 heterocycles. The smallest absolute Gasteiger partial charge is 0.281 e. The van der Waals surface area contributed by atoms with Gasteiger partial charge >= 0.3 is 0 Å². The number of halogens is 3. The summed E-state index contributed by atoms with van der Waals surface area (Å²) in [6, 6.07) is 2.75. The van der Waals surface area contributed by atoms with Gasteiger partial charge in [0, 0.05) is 0 Å². The molecule has 0 bridgehead atoms. The lowest BCUT2D eigenvalue weighted by Gasteiger charge is -2.04. The van der Waals surface area contributed by atoms with E-state index in [4.69, 9.17) is 22.6 Å². The van der Waals surface area contributed by atoms with E-state index in [1.54, 1.807) is 6.07 Å². The van der Waals surface area contributed by atoms with Gasteiger partial charge in [0.15, 0.2) is 0 Å². The second kappa shape index (κ2) is 3.54. The van der Waals surface area contributed by atoms with Gasteiger partial charge in [0.2, 0.25) is 0 Å². The molecule has 0 atom stereocenters. The van der Waals surface area contributed by atoms with E-state index in [-0.39, 0.29) is 16.4 Å². The summed E-state index contributed by atoms with van der Waals surface area (Å²) in [5.41, 5.74) is 4.39. The zero-order valence-electron chi connectivity index (χ0n) is 6.26. The molecule has 1 aromatic rings. The minimum atomic E-state index is -2.83. The number of nitrogens with zero attached hydrogens (tertiary/aromatic N) is 2.